The SMILES string of the molecule is CC/C=C\C/C=C\C/C=C\C/C=C\C/C=C\CCCCCC(=O)OC(COC(=O)CCCCCCCCCCCCCC)COC1OC(COC2OC(CO)C(O)C(O)C2O)C(O)C(O)C1O. The molecule has 2 fully saturated rings. The molecule has 0 bridgehead atoms. The topological polar surface area (TPSA) is 231 Å². The molecule has 0 amide bonds. The van der Waals surface area contributed by atoms with E-state index < -0.39 is 99.3 Å². The molecule has 0 radical (unpaired) electrons. The summed E-state index contributed by atoms with van der Waals surface area (Å²) in [5.41, 5.74) is 0. The minimum atomic E-state index is -1.77. The number of aliphatic hydroxyl groups is 7. The molecule has 11 atom stereocenters. The van der Waals surface area contributed by atoms with Gasteiger partial charge in [-0.1, -0.05) is 152 Å². The average Bonchev–Trinajstić information content (AvgIpc) is 3.32. The second-order valence-corrected chi connectivity index (χ2v) is 17.6. The minimum Gasteiger partial charge on any atom is -0.462 e. The lowest BCUT2D eigenvalue weighted by Crippen LogP contribution is -2.61. The first-order chi connectivity index (χ1) is 32.5. The first kappa shape index (κ1) is 60.3. The Morgan fingerprint density at radius 1 is 0.493 bits per heavy atom. The van der Waals surface area contributed by atoms with Gasteiger partial charge in [-0.05, 0) is 57.8 Å². The fourth-order valence-electron chi connectivity index (χ4n) is 7.60. The zero-order valence-corrected chi connectivity index (χ0v) is 40.6. The fourth-order valence-corrected chi connectivity index (χ4v) is 7.60. The molecule has 15 heteroatoms. The predicted molar refractivity (Wildman–Crippen MR) is 256 cm³/mol. The number of hydrogen-bond donors (Lipinski definition) is 7. The van der Waals surface area contributed by atoms with Crippen molar-refractivity contribution in [3.05, 3.63) is 60.8 Å². The van der Waals surface area contributed by atoms with Gasteiger partial charge < -0.3 is 64.2 Å². The van der Waals surface area contributed by atoms with E-state index in [1.807, 2.05) is 0 Å². The summed E-state index contributed by atoms with van der Waals surface area (Å²) in [5.74, 6) is -0.965. The smallest absolute Gasteiger partial charge is 0.306 e. The normalized spacial score (nSPS) is 26.5. The van der Waals surface area contributed by atoms with E-state index >= 15 is 0 Å². The molecule has 0 aromatic heterocycles. The van der Waals surface area contributed by atoms with Crippen LogP contribution in [0.25, 0.3) is 0 Å². The van der Waals surface area contributed by atoms with Gasteiger partial charge in [-0.3, -0.25) is 9.59 Å². The van der Waals surface area contributed by atoms with Crippen molar-refractivity contribution < 1.29 is 73.8 Å². The standard InChI is InChI=1S/C52H88O15/c1-3-5-7-9-11-13-15-17-18-19-20-21-22-23-25-27-29-31-33-35-44(55)65-40(37-62-43(54)34-32-30-28-26-24-16-14-12-10-8-6-4-2)38-63-51-50(61)48(59)46(57)42(67-51)39-64-52-49(60)47(58)45(56)41(36-53)66-52/h5,7,11,13,17-18,20-21,23,25,40-42,45-53,56-61H,3-4,6,8-10,12,14-16,19,22,24,26-39H2,1-2H3/b7-5-,13-11-,18-17-,21-20-,25-23-. The molecule has 2 aliphatic heterocycles. The molecule has 0 aliphatic carbocycles. The maximum atomic E-state index is 13.0. The van der Waals surface area contributed by atoms with Crippen LogP contribution in [0.3, 0.4) is 0 Å². The third-order valence-electron chi connectivity index (χ3n) is 11.8. The summed E-state index contributed by atoms with van der Waals surface area (Å²) in [5, 5.41) is 72.0. The van der Waals surface area contributed by atoms with Crippen molar-refractivity contribution in [2.45, 2.75) is 229 Å². The van der Waals surface area contributed by atoms with E-state index in [2.05, 4.69) is 74.6 Å². The Balaban J connectivity index is 1.83. The van der Waals surface area contributed by atoms with E-state index in [-0.39, 0.29) is 19.4 Å². The van der Waals surface area contributed by atoms with Crippen LogP contribution in [-0.4, -0.2) is 142 Å². The lowest BCUT2D eigenvalue weighted by Gasteiger charge is -2.42. The van der Waals surface area contributed by atoms with Crippen LogP contribution in [0.1, 0.15) is 162 Å². The average molecular weight is 953 g/mol. The summed E-state index contributed by atoms with van der Waals surface area (Å²) >= 11 is 0. The Labute approximate surface area is 400 Å². The Morgan fingerprint density at radius 3 is 1.48 bits per heavy atom. The molecule has 2 aliphatic rings. The van der Waals surface area contributed by atoms with Crippen LogP contribution in [-0.2, 0) is 38.0 Å². The number of carbonyl (C=O) groups is 2. The molecule has 15 nitrogen and oxygen atoms in total. The Morgan fingerprint density at radius 2 is 0.940 bits per heavy atom. The minimum absolute atomic E-state index is 0.125. The van der Waals surface area contributed by atoms with E-state index in [0.29, 0.717) is 12.8 Å². The van der Waals surface area contributed by atoms with Crippen LogP contribution in [0.15, 0.2) is 60.8 Å². The van der Waals surface area contributed by atoms with Crippen LogP contribution in [0.4, 0.5) is 0 Å². The summed E-state index contributed by atoms with van der Waals surface area (Å²) in [6, 6.07) is 0. The zero-order chi connectivity index (χ0) is 48.9. The number of ether oxygens (including phenoxy) is 6. The number of esters is 2. The molecular weight excluding hydrogens is 865 g/mol. The van der Waals surface area contributed by atoms with Gasteiger partial charge in [0.05, 0.1) is 19.8 Å². The Kier molecular flexibility index (Phi) is 35.1. The number of unbranched alkanes of at least 4 members (excludes halogenated alkanes) is 14. The van der Waals surface area contributed by atoms with Crippen molar-refractivity contribution in [2.75, 3.05) is 26.4 Å². The van der Waals surface area contributed by atoms with Gasteiger partial charge in [-0.15, -0.1) is 0 Å². The van der Waals surface area contributed by atoms with Gasteiger partial charge >= 0.3 is 11.9 Å². The van der Waals surface area contributed by atoms with Gasteiger partial charge in [0.25, 0.3) is 0 Å². The van der Waals surface area contributed by atoms with Crippen molar-refractivity contribution in [1.29, 1.82) is 0 Å². The van der Waals surface area contributed by atoms with Crippen LogP contribution < -0.4 is 0 Å². The lowest BCUT2D eigenvalue weighted by atomic mass is 9.98. The van der Waals surface area contributed by atoms with Crippen LogP contribution in [0, 0.1) is 0 Å². The Hall–Kier alpha value is -2.80. The predicted octanol–water partition coefficient (Wildman–Crippen LogP) is 6.88. The molecule has 7 N–H and O–H groups in total. The van der Waals surface area contributed by atoms with E-state index in [0.717, 1.165) is 70.6 Å². The summed E-state index contributed by atoms with van der Waals surface area (Å²) in [6.07, 6.45) is 26.8. The van der Waals surface area contributed by atoms with Gasteiger partial charge in [0.2, 0.25) is 0 Å². The van der Waals surface area contributed by atoms with E-state index in [9.17, 15) is 45.3 Å². The van der Waals surface area contributed by atoms with Gasteiger partial charge in [-0.25, -0.2) is 0 Å². The highest BCUT2D eigenvalue weighted by Gasteiger charge is 2.47. The quantitative estimate of drug-likeness (QED) is 0.0190. The maximum absolute atomic E-state index is 13.0. The molecule has 2 saturated heterocycles. The highest BCUT2D eigenvalue weighted by atomic mass is 16.7. The summed E-state index contributed by atoms with van der Waals surface area (Å²) in [7, 11) is 0. The monoisotopic (exact) mass is 953 g/mol. The third kappa shape index (κ3) is 27.3. The molecule has 0 saturated carbocycles. The van der Waals surface area contributed by atoms with E-state index in [1.165, 1.54) is 51.4 Å². The largest absolute Gasteiger partial charge is 0.462 e. The number of rotatable bonds is 38. The first-order valence-corrected chi connectivity index (χ1v) is 25.4. The van der Waals surface area contributed by atoms with Gasteiger partial charge in [0, 0.05) is 12.8 Å². The molecule has 2 heterocycles. The van der Waals surface area contributed by atoms with E-state index in [1.54, 1.807) is 0 Å². The summed E-state index contributed by atoms with van der Waals surface area (Å²) in [4.78, 5) is 25.7. The maximum Gasteiger partial charge on any atom is 0.306 e. The highest BCUT2D eigenvalue weighted by Crippen LogP contribution is 2.26. The van der Waals surface area contributed by atoms with Crippen molar-refractivity contribution in [1.82, 2.24) is 0 Å². The first-order valence-electron chi connectivity index (χ1n) is 25.4. The summed E-state index contributed by atoms with van der Waals surface area (Å²) < 4.78 is 33.5. The number of aliphatic hydroxyl groups excluding tert-OH is 7. The highest BCUT2D eigenvalue weighted by molar-refractivity contribution is 5.70. The third-order valence-corrected chi connectivity index (χ3v) is 11.8. The van der Waals surface area contributed by atoms with Gasteiger partial charge in [0.15, 0.2) is 18.7 Å². The Bertz CT molecular complexity index is 1400. The molecular formula is C52H88O15. The number of allylic oxidation sites excluding steroid dienone is 10. The molecule has 11 unspecified atom stereocenters. The van der Waals surface area contributed by atoms with Crippen LogP contribution in [0.5, 0.6) is 0 Å². The lowest BCUT2D eigenvalue weighted by molar-refractivity contribution is -0.332. The van der Waals surface area contributed by atoms with Crippen molar-refractivity contribution in [2.24, 2.45) is 0 Å². The van der Waals surface area contributed by atoms with Crippen molar-refractivity contribution in [3.8, 4) is 0 Å². The molecule has 2 rings (SSSR count). The van der Waals surface area contributed by atoms with Crippen molar-refractivity contribution >= 4 is 11.9 Å². The molecule has 0 aromatic rings. The van der Waals surface area contributed by atoms with Crippen LogP contribution in [0.2, 0.25) is 0 Å². The number of carbonyl (C=O) groups excluding carboxylic acids is 2. The van der Waals surface area contributed by atoms with Crippen molar-refractivity contribution in [3.63, 3.8) is 0 Å². The fraction of sp³-hybridized carbons (Fsp3) is 0.769. The second-order valence-electron chi connectivity index (χ2n) is 17.6. The zero-order valence-electron chi connectivity index (χ0n) is 40.6. The molecule has 0 aromatic carbocycles. The van der Waals surface area contributed by atoms with Crippen LogP contribution >= 0.6 is 0 Å². The van der Waals surface area contributed by atoms with Gasteiger partial charge in [-0.2, -0.15) is 0 Å². The molecule has 386 valence electrons. The molecule has 67 heavy (non-hydrogen) atoms. The second kappa shape index (κ2) is 39.0. The van der Waals surface area contributed by atoms with E-state index in [4.69, 9.17) is 28.4 Å². The van der Waals surface area contributed by atoms with Gasteiger partial charge in [0.1, 0.15) is 55.4 Å². The number of hydrogen-bond acceptors (Lipinski definition) is 15. The summed E-state index contributed by atoms with van der Waals surface area (Å²) in [6.45, 7) is 2.42. The molecule has 0 spiro atoms.